The topological polar surface area (TPSA) is 92.1 Å². The molecule has 3 fully saturated rings. The molecule has 1 amide bonds. The van der Waals surface area contributed by atoms with E-state index in [1.165, 1.54) is 10.8 Å². The third-order valence-electron chi connectivity index (χ3n) is 6.56. The molecule has 0 spiro atoms. The third kappa shape index (κ3) is 3.21. The number of hydrogen-bond donors (Lipinski definition) is 1. The average Bonchev–Trinajstić information content (AvgIpc) is 3.48. The van der Waals surface area contributed by atoms with Crippen LogP contribution in [0.2, 0.25) is 0 Å². The van der Waals surface area contributed by atoms with Crippen molar-refractivity contribution in [3.05, 3.63) is 34.1 Å². The van der Waals surface area contributed by atoms with Gasteiger partial charge in [-0.25, -0.2) is 13.6 Å². The monoisotopic (exact) mass is 433 g/mol. The number of carbonyl (C=O) groups is 2. The lowest BCUT2D eigenvalue weighted by Gasteiger charge is -2.33. The van der Waals surface area contributed by atoms with Gasteiger partial charge >= 0.3 is 6.16 Å². The summed E-state index contributed by atoms with van der Waals surface area (Å²) in [5, 5.41) is 8.64. The highest BCUT2D eigenvalue weighted by molar-refractivity contribution is 5.86. The first-order valence-electron chi connectivity index (χ1n) is 10.3. The first-order chi connectivity index (χ1) is 14.9. The zero-order valence-electron chi connectivity index (χ0n) is 16.6. The van der Waals surface area contributed by atoms with Gasteiger partial charge in [0.15, 0.2) is 11.6 Å². The van der Waals surface area contributed by atoms with Crippen LogP contribution in [0.3, 0.4) is 0 Å². The van der Waals surface area contributed by atoms with Gasteiger partial charge in [0.2, 0.25) is 11.8 Å². The van der Waals surface area contributed by atoms with E-state index in [-0.39, 0.29) is 34.6 Å². The van der Waals surface area contributed by atoms with E-state index >= 15 is 8.78 Å². The molecule has 2 unspecified atom stereocenters. The van der Waals surface area contributed by atoms with Crippen molar-refractivity contribution in [1.82, 2.24) is 9.47 Å². The molecule has 1 aliphatic carbocycles. The van der Waals surface area contributed by atoms with Gasteiger partial charge in [0, 0.05) is 25.7 Å². The molecule has 2 atom stereocenters. The number of benzene rings is 1. The zero-order valence-corrected chi connectivity index (χ0v) is 16.6. The Morgan fingerprint density at radius 3 is 2.68 bits per heavy atom. The Morgan fingerprint density at radius 2 is 2.00 bits per heavy atom. The highest BCUT2D eigenvalue weighted by Gasteiger charge is 2.41. The summed E-state index contributed by atoms with van der Waals surface area (Å²) >= 11 is 0. The van der Waals surface area contributed by atoms with Crippen LogP contribution in [0, 0.1) is 17.6 Å². The second-order valence-corrected chi connectivity index (χ2v) is 8.46. The fourth-order valence-corrected chi connectivity index (χ4v) is 5.03. The zero-order chi connectivity index (χ0) is 21.9. The molecular weight excluding hydrogens is 412 g/mol. The highest BCUT2D eigenvalue weighted by Crippen LogP contribution is 2.41. The molecular formula is C21H21F2N3O5. The minimum Gasteiger partial charge on any atom is -0.449 e. The molecule has 2 aromatic rings. The number of aromatic nitrogens is 1. The Kier molecular flexibility index (Phi) is 4.60. The molecule has 1 aromatic carbocycles. The molecule has 3 aliphatic rings. The number of halogens is 2. The summed E-state index contributed by atoms with van der Waals surface area (Å²) in [5.74, 6) is -2.09. The van der Waals surface area contributed by atoms with Gasteiger partial charge in [-0.15, -0.1) is 0 Å². The van der Waals surface area contributed by atoms with Gasteiger partial charge in [0.05, 0.1) is 23.1 Å². The van der Waals surface area contributed by atoms with E-state index < -0.39 is 29.0 Å². The van der Waals surface area contributed by atoms with Gasteiger partial charge in [-0.1, -0.05) is 0 Å². The summed E-state index contributed by atoms with van der Waals surface area (Å²) < 4.78 is 37.0. The maximum atomic E-state index is 15.8. The number of amides is 1. The number of anilines is 1. The lowest BCUT2D eigenvalue weighted by molar-refractivity contribution is -0.121. The second kappa shape index (κ2) is 7.21. The molecule has 3 heterocycles. The molecule has 0 bridgehead atoms. The van der Waals surface area contributed by atoms with Crippen molar-refractivity contribution in [3.63, 3.8) is 0 Å². The SMILES string of the molecule is O=CN1CCCC2CN(c3c(F)cc4c(=O)c(OC(=O)O)cn(C5CC5)c4c3F)CC21. The predicted octanol–water partition coefficient (Wildman–Crippen LogP) is 2.73. The standard InChI is InChI=1S/C21H21F2N3O5/c22-14-6-13-18(26(12-3-4-12)9-16(20(13)28)31-21(29)30)17(23)19(14)25-7-11-2-1-5-24(10-27)15(11)8-25/h6,9-12,15H,1-5,7-8H2,(H,29,30). The number of rotatable bonds is 4. The fraction of sp³-hybridized carbons (Fsp3) is 0.476. The van der Waals surface area contributed by atoms with Crippen molar-refractivity contribution in [3.8, 4) is 5.75 Å². The molecule has 2 saturated heterocycles. The number of piperidine rings is 1. The highest BCUT2D eigenvalue weighted by atomic mass is 19.1. The second-order valence-electron chi connectivity index (χ2n) is 8.46. The van der Waals surface area contributed by atoms with Crippen molar-refractivity contribution in [2.45, 2.75) is 37.8 Å². The van der Waals surface area contributed by atoms with Crippen LogP contribution in [0.4, 0.5) is 19.3 Å². The van der Waals surface area contributed by atoms with Crippen LogP contribution < -0.4 is 15.1 Å². The summed E-state index contributed by atoms with van der Waals surface area (Å²) in [6.45, 7) is 1.37. The number of ether oxygens (including phenoxy) is 1. The van der Waals surface area contributed by atoms with Crippen molar-refractivity contribution >= 4 is 29.2 Å². The van der Waals surface area contributed by atoms with Gasteiger partial charge < -0.3 is 24.2 Å². The van der Waals surface area contributed by atoms with Gasteiger partial charge in [-0.2, -0.15) is 0 Å². The Hall–Kier alpha value is -3.17. The normalized spacial score (nSPS) is 23.2. The number of pyridine rings is 1. The van der Waals surface area contributed by atoms with Crippen molar-refractivity contribution in [1.29, 1.82) is 0 Å². The summed E-state index contributed by atoms with van der Waals surface area (Å²) in [4.78, 5) is 38.3. The Bertz CT molecular complexity index is 1150. The quantitative estimate of drug-likeness (QED) is 0.589. The van der Waals surface area contributed by atoms with Gasteiger partial charge in [0.1, 0.15) is 11.5 Å². The smallest absolute Gasteiger partial charge is 0.449 e. The van der Waals surface area contributed by atoms with Gasteiger partial charge in [-0.3, -0.25) is 9.59 Å². The van der Waals surface area contributed by atoms with Crippen LogP contribution >= 0.6 is 0 Å². The molecule has 0 radical (unpaired) electrons. The number of nitrogens with zero attached hydrogens (tertiary/aromatic N) is 3. The number of hydrogen-bond acceptors (Lipinski definition) is 5. The summed E-state index contributed by atoms with van der Waals surface area (Å²) in [6, 6.07) is 0.750. The largest absolute Gasteiger partial charge is 0.511 e. The molecule has 2 aliphatic heterocycles. The van der Waals surface area contributed by atoms with Crippen LogP contribution in [0.5, 0.6) is 5.75 Å². The maximum absolute atomic E-state index is 15.8. The third-order valence-corrected chi connectivity index (χ3v) is 6.56. The summed E-state index contributed by atoms with van der Waals surface area (Å²) in [6.07, 6.45) is 3.52. The van der Waals surface area contributed by atoms with E-state index in [1.54, 1.807) is 9.80 Å². The number of carbonyl (C=O) groups excluding carboxylic acids is 1. The van der Waals surface area contributed by atoms with E-state index in [1.807, 2.05) is 0 Å². The summed E-state index contributed by atoms with van der Waals surface area (Å²) in [7, 11) is 0. The van der Waals surface area contributed by atoms with Crippen molar-refractivity contribution in [2.75, 3.05) is 24.5 Å². The van der Waals surface area contributed by atoms with E-state index in [9.17, 15) is 14.4 Å². The molecule has 164 valence electrons. The van der Waals surface area contributed by atoms with Gasteiger partial charge in [0.25, 0.3) is 0 Å². The van der Waals surface area contributed by atoms with E-state index in [0.717, 1.165) is 38.2 Å². The summed E-state index contributed by atoms with van der Waals surface area (Å²) in [5.41, 5.74) is -1.14. The molecule has 1 saturated carbocycles. The Balaban J connectivity index is 1.64. The average molecular weight is 433 g/mol. The fourth-order valence-electron chi connectivity index (χ4n) is 5.03. The lowest BCUT2D eigenvalue weighted by atomic mass is 9.93. The van der Waals surface area contributed by atoms with Crippen molar-refractivity contribution < 1.29 is 28.2 Å². The number of fused-ring (bicyclic) bond motifs is 2. The number of likely N-dealkylation sites (tertiary alicyclic amines) is 1. The minimum absolute atomic E-state index is 0.0521. The van der Waals surface area contributed by atoms with Crippen LogP contribution in [-0.2, 0) is 4.79 Å². The van der Waals surface area contributed by atoms with Crippen LogP contribution in [0.15, 0.2) is 17.1 Å². The molecule has 1 aromatic heterocycles. The van der Waals surface area contributed by atoms with E-state index in [2.05, 4.69) is 4.74 Å². The van der Waals surface area contributed by atoms with Crippen molar-refractivity contribution in [2.24, 2.45) is 5.92 Å². The van der Waals surface area contributed by atoms with Gasteiger partial charge in [-0.05, 0) is 37.7 Å². The minimum atomic E-state index is -1.67. The molecule has 8 nitrogen and oxygen atoms in total. The Labute approximate surface area is 175 Å². The predicted molar refractivity (Wildman–Crippen MR) is 107 cm³/mol. The van der Waals surface area contributed by atoms with E-state index in [4.69, 9.17) is 5.11 Å². The molecule has 31 heavy (non-hydrogen) atoms. The maximum Gasteiger partial charge on any atom is 0.511 e. The Morgan fingerprint density at radius 1 is 1.23 bits per heavy atom. The van der Waals surface area contributed by atoms with Crippen LogP contribution in [0.25, 0.3) is 10.9 Å². The first kappa shape index (κ1) is 19.8. The van der Waals surface area contributed by atoms with Crippen LogP contribution in [0.1, 0.15) is 31.7 Å². The van der Waals surface area contributed by atoms with Crippen LogP contribution in [-0.4, -0.2) is 52.8 Å². The lowest BCUT2D eigenvalue weighted by Crippen LogP contribution is -2.44. The number of carboxylic acid groups (broad SMARTS) is 1. The molecule has 10 heteroatoms. The van der Waals surface area contributed by atoms with E-state index in [0.29, 0.717) is 19.6 Å². The molecule has 1 N–H and O–H groups in total. The first-order valence-corrected chi connectivity index (χ1v) is 10.3. The molecule has 5 rings (SSSR count).